The van der Waals surface area contributed by atoms with Gasteiger partial charge in [-0.25, -0.2) is 4.79 Å². The Bertz CT molecular complexity index is 1090. The van der Waals surface area contributed by atoms with E-state index in [1.807, 2.05) is 75.4 Å². The van der Waals surface area contributed by atoms with Gasteiger partial charge in [-0.2, -0.15) is 0 Å². The van der Waals surface area contributed by atoms with Gasteiger partial charge in [-0.1, -0.05) is 80.9 Å². The van der Waals surface area contributed by atoms with Crippen LogP contribution in [0, 0.1) is 18.8 Å². The van der Waals surface area contributed by atoms with Gasteiger partial charge in [-0.3, -0.25) is 9.59 Å². The monoisotopic (exact) mass is 521 g/mol. The van der Waals surface area contributed by atoms with Gasteiger partial charge in [0.15, 0.2) is 0 Å². The van der Waals surface area contributed by atoms with E-state index in [1.165, 1.54) is 0 Å². The SMILES string of the molecule is Cc1ccc(C(C(=O)NCc2ccccc2)N(C(=O)C(CC(C)C)NC(=O)OC(C)(C)C)C2CC2C)cc1. The topological polar surface area (TPSA) is 87.7 Å². The summed E-state index contributed by atoms with van der Waals surface area (Å²) in [4.78, 5) is 42.5. The van der Waals surface area contributed by atoms with Gasteiger partial charge in [-0.15, -0.1) is 0 Å². The molecule has 0 saturated heterocycles. The predicted octanol–water partition coefficient (Wildman–Crippen LogP) is 5.53. The lowest BCUT2D eigenvalue weighted by Crippen LogP contribution is -2.54. The summed E-state index contributed by atoms with van der Waals surface area (Å²) in [6, 6.07) is 15.7. The predicted molar refractivity (Wildman–Crippen MR) is 149 cm³/mol. The van der Waals surface area contributed by atoms with Crippen LogP contribution in [0.25, 0.3) is 0 Å². The summed E-state index contributed by atoms with van der Waals surface area (Å²) >= 11 is 0. The van der Waals surface area contributed by atoms with Crippen molar-refractivity contribution in [1.29, 1.82) is 0 Å². The highest BCUT2D eigenvalue weighted by atomic mass is 16.6. The Kier molecular flexibility index (Phi) is 9.58. The summed E-state index contributed by atoms with van der Waals surface area (Å²) in [5.74, 6) is -0.109. The number of alkyl carbamates (subject to hydrolysis) is 1. The van der Waals surface area contributed by atoms with Gasteiger partial charge in [0.25, 0.3) is 0 Å². The van der Waals surface area contributed by atoms with Gasteiger partial charge in [-0.05, 0) is 63.5 Å². The molecular weight excluding hydrogens is 478 g/mol. The van der Waals surface area contributed by atoms with E-state index in [1.54, 1.807) is 25.7 Å². The number of nitrogens with zero attached hydrogens (tertiary/aromatic N) is 1. The van der Waals surface area contributed by atoms with Crippen LogP contribution in [0.4, 0.5) is 4.79 Å². The van der Waals surface area contributed by atoms with Crippen molar-refractivity contribution >= 4 is 17.9 Å². The molecule has 0 aliphatic heterocycles. The number of hydrogen-bond donors (Lipinski definition) is 2. The Hall–Kier alpha value is -3.35. The third kappa shape index (κ3) is 8.33. The molecule has 7 nitrogen and oxygen atoms in total. The molecule has 0 heterocycles. The largest absolute Gasteiger partial charge is 0.444 e. The second-order valence-electron chi connectivity index (χ2n) is 11.9. The zero-order valence-corrected chi connectivity index (χ0v) is 23.8. The minimum Gasteiger partial charge on any atom is -0.444 e. The second-order valence-corrected chi connectivity index (χ2v) is 11.9. The molecule has 0 bridgehead atoms. The van der Waals surface area contributed by atoms with E-state index in [-0.39, 0.29) is 29.7 Å². The van der Waals surface area contributed by atoms with Crippen LogP contribution < -0.4 is 10.6 Å². The molecule has 0 spiro atoms. The van der Waals surface area contributed by atoms with Crippen LogP contribution in [0.15, 0.2) is 54.6 Å². The lowest BCUT2D eigenvalue weighted by Gasteiger charge is -2.35. The summed E-state index contributed by atoms with van der Waals surface area (Å²) in [5.41, 5.74) is 2.10. The van der Waals surface area contributed by atoms with Gasteiger partial charge in [0.05, 0.1) is 0 Å². The maximum Gasteiger partial charge on any atom is 0.408 e. The highest BCUT2D eigenvalue weighted by molar-refractivity contribution is 5.92. The van der Waals surface area contributed by atoms with E-state index in [0.717, 1.165) is 23.1 Å². The van der Waals surface area contributed by atoms with Crippen molar-refractivity contribution in [2.75, 3.05) is 0 Å². The molecule has 3 rings (SSSR count). The number of rotatable bonds is 10. The Morgan fingerprint density at radius 1 is 1.03 bits per heavy atom. The van der Waals surface area contributed by atoms with Gasteiger partial charge in [0, 0.05) is 12.6 Å². The number of aryl methyl sites for hydroxylation is 1. The zero-order chi connectivity index (χ0) is 28.0. The molecule has 2 aromatic carbocycles. The lowest BCUT2D eigenvalue weighted by molar-refractivity contribution is -0.143. The van der Waals surface area contributed by atoms with Gasteiger partial charge in [0.2, 0.25) is 11.8 Å². The molecule has 38 heavy (non-hydrogen) atoms. The van der Waals surface area contributed by atoms with Crippen LogP contribution in [-0.4, -0.2) is 40.5 Å². The van der Waals surface area contributed by atoms with Crippen LogP contribution in [0.5, 0.6) is 0 Å². The highest BCUT2D eigenvalue weighted by Gasteiger charge is 2.48. The summed E-state index contributed by atoms with van der Waals surface area (Å²) in [7, 11) is 0. The van der Waals surface area contributed by atoms with E-state index < -0.39 is 23.8 Å². The number of carbonyl (C=O) groups is 3. The first-order valence-corrected chi connectivity index (χ1v) is 13.6. The number of hydrogen-bond acceptors (Lipinski definition) is 4. The average molecular weight is 522 g/mol. The Balaban J connectivity index is 1.95. The van der Waals surface area contributed by atoms with Crippen molar-refractivity contribution in [3.63, 3.8) is 0 Å². The lowest BCUT2D eigenvalue weighted by atomic mass is 9.98. The van der Waals surface area contributed by atoms with Gasteiger partial charge >= 0.3 is 6.09 Å². The number of ether oxygens (including phenoxy) is 1. The Morgan fingerprint density at radius 2 is 1.63 bits per heavy atom. The summed E-state index contributed by atoms with van der Waals surface area (Å²) in [6.45, 7) is 13.8. The Labute approximate surface area is 227 Å². The molecule has 1 fully saturated rings. The first-order valence-electron chi connectivity index (χ1n) is 13.6. The van der Waals surface area contributed by atoms with Crippen LogP contribution in [-0.2, 0) is 20.9 Å². The molecule has 2 aromatic rings. The van der Waals surface area contributed by atoms with Crippen LogP contribution in [0.1, 0.15) is 77.1 Å². The molecular formula is C31H43N3O4. The highest BCUT2D eigenvalue weighted by Crippen LogP contribution is 2.41. The molecule has 4 unspecified atom stereocenters. The quantitative estimate of drug-likeness (QED) is 0.430. The molecule has 1 saturated carbocycles. The molecule has 1 aliphatic rings. The molecule has 7 heteroatoms. The molecule has 0 aromatic heterocycles. The van der Waals surface area contributed by atoms with E-state index >= 15 is 0 Å². The second kappa shape index (κ2) is 12.5. The summed E-state index contributed by atoms with van der Waals surface area (Å²) in [6.07, 6.45) is 0.601. The summed E-state index contributed by atoms with van der Waals surface area (Å²) in [5, 5.41) is 5.86. The third-order valence-electron chi connectivity index (χ3n) is 6.60. The standard InChI is InChI=1S/C31H43N3O4/c1-20(2)17-25(33-30(37)38-31(5,6)7)29(36)34(26-18-22(26)4)27(24-15-13-21(3)14-16-24)28(35)32-19-23-11-9-8-10-12-23/h8-16,20,22,25-27H,17-19H2,1-7H3,(H,32,35)(H,33,37). The minimum atomic E-state index is -0.822. The first-order chi connectivity index (χ1) is 17.9. The van der Waals surface area contributed by atoms with Gasteiger partial charge < -0.3 is 20.3 Å². The molecule has 2 N–H and O–H groups in total. The maximum absolute atomic E-state index is 14.2. The zero-order valence-electron chi connectivity index (χ0n) is 23.8. The number of nitrogens with one attached hydrogen (secondary N) is 2. The smallest absolute Gasteiger partial charge is 0.408 e. The van der Waals surface area contributed by atoms with Crippen molar-refractivity contribution in [3.05, 3.63) is 71.3 Å². The van der Waals surface area contributed by atoms with Crippen molar-refractivity contribution in [2.45, 2.75) is 91.6 Å². The number of benzene rings is 2. The van der Waals surface area contributed by atoms with Crippen LogP contribution >= 0.6 is 0 Å². The first kappa shape index (κ1) is 29.2. The van der Waals surface area contributed by atoms with E-state index in [9.17, 15) is 14.4 Å². The fourth-order valence-corrected chi connectivity index (χ4v) is 4.56. The normalized spacial score (nSPS) is 18.3. The number of amides is 3. The maximum atomic E-state index is 14.2. The molecule has 3 amide bonds. The van der Waals surface area contributed by atoms with E-state index in [2.05, 4.69) is 17.6 Å². The van der Waals surface area contributed by atoms with Crippen LogP contribution in [0.3, 0.4) is 0 Å². The average Bonchev–Trinajstić information content (AvgIpc) is 3.55. The fraction of sp³-hybridized carbons (Fsp3) is 0.516. The van der Waals surface area contributed by atoms with Crippen molar-refractivity contribution in [2.24, 2.45) is 11.8 Å². The Morgan fingerprint density at radius 3 is 2.16 bits per heavy atom. The van der Waals surface area contributed by atoms with Gasteiger partial charge in [0.1, 0.15) is 17.7 Å². The summed E-state index contributed by atoms with van der Waals surface area (Å²) < 4.78 is 5.47. The third-order valence-corrected chi connectivity index (χ3v) is 6.60. The fourth-order valence-electron chi connectivity index (χ4n) is 4.56. The van der Waals surface area contributed by atoms with E-state index in [0.29, 0.717) is 13.0 Å². The number of carbonyl (C=O) groups excluding carboxylic acids is 3. The molecule has 0 radical (unpaired) electrons. The van der Waals surface area contributed by atoms with Crippen molar-refractivity contribution in [3.8, 4) is 0 Å². The van der Waals surface area contributed by atoms with Crippen molar-refractivity contribution < 1.29 is 19.1 Å². The van der Waals surface area contributed by atoms with Crippen LogP contribution in [0.2, 0.25) is 0 Å². The van der Waals surface area contributed by atoms with Crippen molar-refractivity contribution in [1.82, 2.24) is 15.5 Å². The minimum absolute atomic E-state index is 0.0913. The molecule has 206 valence electrons. The molecule has 1 aliphatic carbocycles. The van der Waals surface area contributed by atoms with E-state index in [4.69, 9.17) is 4.74 Å². The molecule has 4 atom stereocenters.